The van der Waals surface area contributed by atoms with E-state index >= 15 is 0 Å². The first-order valence-corrected chi connectivity index (χ1v) is 8.55. The highest BCUT2D eigenvalue weighted by Gasteiger charge is 2.16. The molecule has 1 heterocycles. The van der Waals surface area contributed by atoms with E-state index in [2.05, 4.69) is 31.4 Å². The third-order valence-corrected chi connectivity index (χ3v) is 4.43. The Morgan fingerprint density at radius 1 is 1.21 bits per heavy atom. The monoisotopic (exact) mass is 268 g/mol. The van der Waals surface area contributed by atoms with Crippen molar-refractivity contribution in [1.82, 2.24) is 10.6 Å². The summed E-state index contributed by atoms with van der Waals surface area (Å²) in [5.41, 5.74) is 0.474. The first-order valence-electron chi connectivity index (χ1n) is 8.55. The zero-order chi connectivity index (χ0) is 14.0. The van der Waals surface area contributed by atoms with E-state index in [4.69, 9.17) is 0 Å². The van der Waals surface area contributed by atoms with E-state index in [9.17, 15) is 0 Å². The minimum Gasteiger partial charge on any atom is -0.316 e. The van der Waals surface area contributed by atoms with Gasteiger partial charge < -0.3 is 10.6 Å². The van der Waals surface area contributed by atoms with Gasteiger partial charge in [0.25, 0.3) is 0 Å². The van der Waals surface area contributed by atoms with Gasteiger partial charge in [-0.25, -0.2) is 0 Å². The highest BCUT2D eigenvalue weighted by Crippen LogP contribution is 2.22. The van der Waals surface area contributed by atoms with E-state index in [0.29, 0.717) is 5.41 Å². The molecule has 1 aliphatic rings. The van der Waals surface area contributed by atoms with Crippen LogP contribution in [-0.4, -0.2) is 26.2 Å². The van der Waals surface area contributed by atoms with E-state index in [1.54, 1.807) is 0 Å². The van der Waals surface area contributed by atoms with Crippen LogP contribution in [0.15, 0.2) is 0 Å². The molecule has 0 saturated carbocycles. The van der Waals surface area contributed by atoms with Gasteiger partial charge in [0.05, 0.1) is 0 Å². The lowest BCUT2D eigenvalue weighted by molar-refractivity contribution is 0.296. The lowest BCUT2D eigenvalue weighted by Crippen LogP contribution is -2.32. The van der Waals surface area contributed by atoms with Crippen LogP contribution in [0.3, 0.4) is 0 Å². The molecule has 1 saturated heterocycles. The van der Waals surface area contributed by atoms with E-state index < -0.39 is 0 Å². The predicted molar refractivity (Wildman–Crippen MR) is 85.6 cm³/mol. The third kappa shape index (κ3) is 8.65. The fourth-order valence-corrected chi connectivity index (χ4v) is 3.05. The molecule has 0 radical (unpaired) electrons. The van der Waals surface area contributed by atoms with Gasteiger partial charge >= 0.3 is 0 Å². The molecule has 0 aromatic carbocycles. The lowest BCUT2D eigenvalue weighted by atomic mass is 9.87. The van der Waals surface area contributed by atoms with Crippen LogP contribution in [0.25, 0.3) is 0 Å². The standard InChI is InChI=1S/C17H36N2/c1-4-5-6-11-17(2,3)15-19-13-8-10-16-9-7-12-18-14-16/h16,18-19H,4-15H2,1-3H3. The van der Waals surface area contributed by atoms with Crippen molar-refractivity contribution in [3.05, 3.63) is 0 Å². The van der Waals surface area contributed by atoms with Gasteiger partial charge in [-0.2, -0.15) is 0 Å². The quantitative estimate of drug-likeness (QED) is 0.586. The number of hydrogen-bond acceptors (Lipinski definition) is 2. The van der Waals surface area contributed by atoms with Crippen molar-refractivity contribution >= 4 is 0 Å². The second-order valence-corrected chi connectivity index (χ2v) is 7.15. The van der Waals surface area contributed by atoms with Gasteiger partial charge in [-0.15, -0.1) is 0 Å². The molecule has 0 spiro atoms. The molecule has 1 aliphatic heterocycles. The van der Waals surface area contributed by atoms with Crippen LogP contribution < -0.4 is 10.6 Å². The average molecular weight is 268 g/mol. The number of rotatable bonds is 10. The summed E-state index contributed by atoms with van der Waals surface area (Å²) in [7, 11) is 0. The van der Waals surface area contributed by atoms with Gasteiger partial charge in [-0.1, -0.05) is 40.0 Å². The minimum atomic E-state index is 0.474. The third-order valence-electron chi connectivity index (χ3n) is 4.43. The summed E-state index contributed by atoms with van der Waals surface area (Å²) in [5.74, 6) is 0.938. The molecule has 0 aromatic rings. The fraction of sp³-hybridized carbons (Fsp3) is 1.00. The zero-order valence-electron chi connectivity index (χ0n) is 13.6. The van der Waals surface area contributed by atoms with Crippen molar-refractivity contribution in [2.75, 3.05) is 26.2 Å². The van der Waals surface area contributed by atoms with Crippen molar-refractivity contribution in [2.24, 2.45) is 11.3 Å². The minimum absolute atomic E-state index is 0.474. The normalized spacial score (nSPS) is 20.7. The Hall–Kier alpha value is -0.0800. The summed E-state index contributed by atoms with van der Waals surface area (Å²) in [6.45, 7) is 12.0. The van der Waals surface area contributed by atoms with Crippen LogP contribution in [-0.2, 0) is 0 Å². The van der Waals surface area contributed by atoms with Crippen molar-refractivity contribution in [3.8, 4) is 0 Å². The first-order chi connectivity index (χ1) is 9.14. The summed E-state index contributed by atoms with van der Waals surface area (Å²) in [4.78, 5) is 0. The summed E-state index contributed by atoms with van der Waals surface area (Å²) in [6.07, 6.45) is 11.0. The molecule has 1 atom stereocenters. The molecule has 0 bridgehead atoms. The van der Waals surface area contributed by atoms with Crippen LogP contribution in [0.5, 0.6) is 0 Å². The molecule has 19 heavy (non-hydrogen) atoms. The Labute approximate surface area is 121 Å². The maximum atomic E-state index is 3.67. The second kappa shape index (κ2) is 9.77. The van der Waals surface area contributed by atoms with E-state index in [-0.39, 0.29) is 0 Å². The first kappa shape index (κ1) is 17.0. The van der Waals surface area contributed by atoms with Crippen LogP contribution in [0.4, 0.5) is 0 Å². The number of piperidine rings is 1. The van der Waals surface area contributed by atoms with Crippen molar-refractivity contribution < 1.29 is 0 Å². The van der Waals surface area contributed by atoms with Gasteiger partial charge in [0.1, 0.15) is 0 Å². The Balaban J connectivity index is 1.96. The summed E-state index contributed by atoms with van der Waals surface area (Å²) in [6, 6.07) is 0. The van der Waals surface area contributed by atoms with Gasteiger partial charge in [0.15, 0.2) is 0 Å². The maximum Gasteiger partial charge on any atom is 0.000252 e. The second-order valence-electron chi connectivity index (χ2n) is 7.15. The average Bonchev–Trinajstić information content (AvgIpc) is 2.39. The molecule has 1 unspecified atom stereocenters. The largest absolute Gasteiger partial charge is 0.316 e. The number of hydrogen-bond donors (Lipinski definition) is 2. The highest BCUT2D eigenvalue weighted by molar-refractivity contribution is 4.73. The summed E-state index contributed by atoms with van der Waals surface area (Å²) >= 11 is 0. The Morgan fingerprint density at radius 2 is 2.05 bits per heavy atom. The SMILES string of the molecule is CCCCCC(C)(C)CNCCCC1CCCNC1. The van der Waals surface area contributed by atoms with Crippen LogP contribution in [0.1, 0.15) is 72.1 Å². The predicted octanol–water partition coefficient (Wildman–Crippen LogP) is 3.96. The van der Waals surface area contributed by atoms with Crippen molar-refractivity contribution in [1.29, 1.82) is 0 Å². The summed E-state index contributed by atoms with van der Waals surface area (Å²) in [5, 5.41) is 7.18. The van der Waals surface area contributed by atoms with Crippen LogP contribution in [0.2, 0.25) is 0 Å². The molecular formula is C17H36N2. The maximum absolute atomic E-state index is 3.67. The molecule has 0 aromatic heterocycles. The van der Waals surface area contributed by atoms with Gasteiger partial charge in [-0.05, 0) is 63.1 Å². The summed E-state index contributed by atoms with van der Waals surface area (Å²) < 4.78 is 0. The smallest absolute Gasteiger partial charge is 0.000252 e. The van der Waals surface area contributed by atoms with Gasteiger partial charge in [0, 0.05) is 6.54 Å². The Kier molecular flexibility index (Phi) is 8.72. The molecule has 1 rings (SSSR count). The number of unbranched alkanes of at least 4 members (excludes halogenated alkanes) is 2. The van der Waals surface area contributed by atoms with Gasteiger partial charge in [0.2, 0.25) is 0 Å². The lowest BCUT2D eigenvalue weighted by Gasteiger charge is -2.26. The fourth-order valence-electron chi connectivity index (χ4n) is 3.05. The van der Waals surface area contributed by atoms with Crippen LogP contribution >= 0.6 is 0 Å². The molecule has 114 valence electrons. The topological polar surface area (TPSA) is 24.1 Å². The molecule has 2 N–H and O–H groups in total. The molecule has 2 heteroatoms. The molecule has 0 amide bonds. The van der Waals surface area contributed by atoms with Gasteiger partial charge in [-0.3, -0.25) is 0 Å². The molecule has 1 fully saturated rings. The molecule has 0 aliphatic carbocycles. The van der Waals surface area contributed by atoms with Crippen molar-refractivity contribution in [3.63, 3.8) is 0 Å². The zero-order valence-corrected chi connectivity index (χ0v) is 13.6. The molecule has 2 nitrogen and oxygen atoms in total. The Morgan fingerprint density at radius 3 is 2.74 bits per heavy atom. The Bertz CT molecular complexity index is 207. The van der Waals surface area contributed by atoms with Crippen LogP contribution in [0, 0.1) is 11.3 Å². The van der Waals surface area contributed by atoms with E-state index in [1.807, 2.05) is 0 Å². The molecular weight excluding hydrogens is 232 g/mol. The van der Waals surface area contributed by atoms with E-state index in [1.165, 1.54) is 77.5 Å². The van der Waals surface area contributed by atoms with Crippen molar-refractivity contribution in [2.45, 2.75) is 72.1 Å². The van der Waals surface area contributed by atoms with E-state index in [0.717, 1.165) is 5.92 Å². The highest BCUT2D eigenvalue weighted by atomic mass is 14.9. The number of nitrogens with one attached hydrogen (secondary N) is 2.